The minimum atomic E-state index is -0.984. The van der Waals surface area contributed by atoms with E-state index < -0.39 is 36.0 Å². The maximum Gasteiger partial charge on any atom is 0.246 e. The third kappa shape index (κ3) is 6.30. The van der Waals surface area contributed by atoms with Crippen molar-refractivity contribution in [3.8, 4) is 0 Å². The van der Waals surface area contributed by atoms with E-state index in [2.05, 4.69) is 20.9 Å². The van der Waals surface area contributed by atoms with Crippen LogP contribution in [0.2, 0.25) is 0 Å². The Morgan fingerprint density at radius 2 is 1.19 bits per heavy atom. The molecule has 1 aromatic heterocycles. The smallest absolute Gasteiger partial charge is 0.246 e. The van der Waals surface area contributed by atoms with Crippen LogP contribution < -0.4 is 16.0 Å². The summed E-state index contributed by atoms with van der Waals surface area (Å²) in [6.45, 7) is 0.409. The standard InChI is InChI=1S/C34H35N5O4/c40-31-27(18-22-10-3-1-4-11-22)37-33(42)30-16-9-17-39(30)34(43)29(19-23-12-5-2-6-13-23)38-32(41)28(36-31)20-24-21-35-26-15-8-7-14-25(24)26/h1-8,10-15,21,27-30,35H,9,16-20H2,(H,36,40)(H,37,42)(H,38,41)/t27-,28?,29-,30+/m0/s1. The summed E-state index contributed by atoms with van der Waals surface area (Å²) in [5, 5.41) is 9.78. The van der Waals surface area contributed by atoms with Crippen molar-refractivity contribution in [2.24, 2.45) is 0 Å². The number of carbonyl (C=O) groups is 4. The van der Waals surface area contributed by atoms with Gasteiger partial charge in [0.05, 0.1) is 0 Å². The number of hydrogen-bond donors (Lipinski definition) is 4. The van der Waals surface area contributed by atoms with Gasteiger partial charge in [0.2, 0.25) is 23.6 Å². The van der Waals surface area contributed by atoms with Crippen LogP contribution in [-0.4, -0.2) is 64.2 Å². The van der Waals surface area contributed by atoms with Crippen molar-refractivity contribution in [1.29, 1.82) is 0 Å². The Morgan fingerprint density at radius 3 is 1.88 bits per heavy atom. The van der Waals surface area contributed by atoms with Crippen LogP contribution in [0.15, 0.2) is 91.1 Å². The summed E-state index contributed by atoms with van der Waals surface area (Å²) in [5.41, 5.74) is 3.53. The zero-order valence-electron chi connectivity index (χ0n) is 23.8. The number of fused-ring (bicyclic) bond motifs is 2. The molecule has 43 heavy (non-hydrogen) atoms. The molecule has 4 aromatic rings. The van der Waals surface area contributed by atoms with Gasteiger partial charge in [0.1, 0.15) is 24.2 Å². The summed E-state index contributed by atoms with van der Waals surface area (Å²) >= 11 is 0. The first-order chi connectivity index (χ1) is 21.0. The van der Waals surface area contributed by atoms with Crippen molar-refractivity contribution in [3.05, 3.63) is 108 Å². The highest BCUT2D eigenvalue weighted by Gasteiger charge is 2.40. The molecule has 6 rings (SSSR count). The number of nitrogens with zero attached hydrogens (tertiary/aromatic N) is 1. The fraction of sp³-hybridized carbons (Fsp3) is 0.294. The lowest BCUT2D eigenvalue weighted by Gasteiger charge is -2.32. The lowest BCUT2D eigenvalue weighted by Crippen LogP contribution is -2.62. The zero-order chi connectivity index (χ0) is 29.8. The molecule has 4 N–H and O–H groups in total. The number of rotatable bonds is 6. The normalized spacial score (nSPS) is 23.1. The van der Waals surface area contributed by atoms with Gasteiger partial charge >= 0.3 is 0 Å². The van der Waals surface area contributed by atoms with Crippen LogP contribution in [0, 0.1) is 0 Å². The van der Waals surface area contributed by atoms with E-state index in [9.17, 15) is 19.2 Å². The third-order valence-electron chi connectivity index (χ3n) is 8.38. The number of hydrogen-bond acceptors (Lipinski definition) is 4. The Balaban J connectivity index is 1.36. The van der Waals surface area contributed by atoms with Crippen LogP contribution >= 0.6 is 0 Å². The summed E-state index contributed by atoms with van der Waals surface area (Å²) in [4.78, 5) is 60.3. The van der Waals surface area contributed by atoms with E-state index in [1.165, 1.54) is 0 Å². The van der Waals surface area contributed by atoms with Gasteiger partial charge in [-0.1, -0.05) is 78.9 Å². The highest BCUT2D eigenvalue weighted by molar-refractivity contribution is 5.98. The van der Waals surface area contributed by atoms with Crippen LogP contribution in [0.25, 0.3) is 10.9 Å². The van der Waals surface area contributed by atoms with Gasteiger partial charge in [0, 0.05) is 42.9 Å². The molecule has 2 aliphatic rings. The predicted molar refractivity (Wildman–Crippen MR) is 163 cm³/mol. The van der Waals surface area contributed by atoms with Gasteiger partial charge in [0.15, 0.2) is 0 Å². The molecule has 4 atom stereocenters. The van der Waals surface area contributed by atoms with E-state index in [1.54, 1.807) is 4.90 Å². The van der Waals surface area contributed by atoms with Crippen molar-refractivity contribution in [2.75, 3.05) is 6.54 Å². The third-order valence-corrected chi connectivity index (χ3v) is 8.38. The molecular weight excluding hydrogens is 542 g/mol. The molecule has 3 heterocycles. The summed E-state index contributed by atoms with van der Waals surface area (Å²) in [6, 6.07) is 23.1. The average molecular weight is 578 g/mol. The van der Waals surface area contributed by atoms with Gasteiger partial charge in [-0.2, -0.15) is 0 Å². The summed E-state index contributed by atoms with van der Waals surface area (Å²) in [7, 11) is 0. The van der Waals surface area contributed by atoms with E-state index in [1.807, 2.05) is 91.1 Å². The first kappa shape index (κ1) is 28.2. The molecule has 1 unspecified atom stereocenters. The van der Waals surface area contributed by atoms with E-state index in [0.29, 0.717) is 19.4 Å². The number of aromatic amines is 1. The second-order valence-electron chi connectivity index (χ2n) is 11.3. The van der Waals surface area contributed by atoms with Crippen LogP contribution in [0.3, 0.4) is 0 Å². The number of carbonyl (C=O) groups excluding carboxylic acids is 4. The number of para-hydroxylation sites is 1. The predicted octanol–water partition coefficient (Wildman–Crippen LogP) is 2.65. The summed E-state index contributed by atoms with van der Waals surface area (Å²) in [5.74, 6) is -1.56. The quantitative estimate of drug-likeness (QED) is 0.281. The molecule has 9 nitrogen and oxygen atoms in total. The number of aromatic nitrogens is 1. The highest BCUT2D eigenvalue weighted by atomic mass is 16.2. The van der Waals surface area contributed by atoms with Crippen molar-refractivity contribution in [1.82, 2.24) is 25.8 Å². The Kier molecular flexibility index (Phi) is 8.22. The van der Waals surface area contributed by atoms with Gasteiger partial charge < -0.3 is 25.8 Å². The van der Waals surface area contributed by atoms with Crippen LogP contribution in [0.4, 0.5) is 0 Å². The molecule has 0 bridgehead atoms. The Labute approximate surface area is 250 Å². The molecular formula is C34H35N5O4. The van der Waals surface area contributed by atoms with Gasteiger partial charge in [-0.05, 0) is 35.6 Å². The van der Waals surface area contributed by atoms with Gasteiger partial charge in [0.25, 0.3) is 0 Å². The molecule has 2 aliphatic heterocycles. The lowest BCUT2D eigenvalue weighted by molar-refractivity contribution is -0.143. The first-order valence-corrected chi connectivity index (χ1v) is 14.8. The van der Waals surface area contributed by atoms with Gasteiger partial charge in [-0.3, -0.25) is 19.2 Å². The van der Waals surface area contributed by atoms with Crippen LogP contribution in [0.1, 0.15) is 29.5 Å². The summed E-state index contributed by atoms with van der Waals surface area (Å²) in [6.07, 6.45) is 3.70. The van der Waals surface area contributed by atoms with E-state index in [-0.39, 0.29) is 31.1 Å². The van der Waals surface area contributed by atoms with Crippen molar-refractivity contribution >= 4 is 34.5 Å². The van der Waals surface area contributed by atoms with Crippen molar-refractivity contribution < 1.29 is 19.2 Å². The number of benzene rings is 3. The van der Waals surface area contributed by atoms with E-state index in [4.69, 9.17) is 0 Å². The summed E-state index contributed by atoms with van der Waals surface area (Å²) < 4.78 is 0. The topological polar surface area (TPSA) is 123 Å². The zero-order valence-corrected chi connectivity index (χ0v) is 23.8. The molecule has 9 heteroatoms. The Morgan fingerprint density at radius 1 is 0.628 bits per heavy atom. The molecule has 0 saturated carbocycles. The molecule has 0 spiro atoms. The monoisotopic (exact) mass is 577 g/mol. The molecule has 220 valence electrons. The van der Waals surface area contributed by atoms with Crippen molar-refractivity contribution in [2.45, 2.75) is 56.3 Å². The second kappa shape index (κ2) is 12.5. The highest BCUT2D eigenvalue weighted by Crippen LogP contribution is 2.22. The van der Waals surface area contributed by atoms with Crippen LogP contribution in [0.5, 0.6) is 0 Å². The van der Waals surface area contributed by atoms with E-state index in [0.717, 1.165) is 27.6 Å². The molecule has 2 fully saturated rings. The number of amides is 4. The molecule has 0 aliphatic carbocycles. The fourth-order valence-corrected chi connectivity index (χ4v) is 6.15. The Bertz CT molecular complexity index is 1620. The number of H-pyrrole nitrogens is 1. The molecule has 0 radical (unpaired) electrons. The van der Waals surface area contributed by atoms with Crippen molar-refractivity contribution in [3.63, 3.8) is 0 Å². The minimum Gasteiger partial charge on any atom is -0.361 e. The maximum absolute atomic E-state index is 14.0. The van der Waals surface area contributed by atoms with E-state index >= 15 is 0 Å². The molecule has 2 saturated heterocycles. The molecule has 3 aromatic carbocycles. The number of nitrogens with one attached hydrogen (secondary N) is 4. The van der Waals surface area contributed by atoms with Crippen LogP contribution in [-0.2, 0) is 38.4 Å². The lowest BCUT2D eigenvalue weighted by atomic mass is 9.99. The van der Waals surface area contributed by atoms with Gasteiger partial charge in [-0.25, -0.2) is 0 Å². The fourth-order valence-electron chi connectivity index (χ4n) is 6.15. The second-order valence-corrected chi connectivity index (χ2v) is 11.3. The van der Waals surface area contributed by atoms with Gasteiger partial charge in [-0.15, -0.1) is 0 Å². The Hall–Kier alpha value is -4.92. The maximum atomic E-state index is 14.0. The first-order valence-electron chi connectivity index (χ1n) is 14.8. The SMILES string of the molecule is O=C1N[C@@H](Cc2ccccc2)C(=O)N2CCC[C@@H]2C(=O)N[C@@H](Cc2ccccc2)C(=O)NC1Cc1c[nH]c2ccccc12. The minimum absolute atomic E-state index is 0.201. The molecule has 4 amide bonds. The largest absolute Gasteiger partial charge is 0.361 e. The average Bonchev–Trinajstić information content (AvgIpc) is 3.68.